The van der Waals surface area contributed by atoms with E-state index in [0.717, 1.165) is 27.5 Å². The van der Waals surface area contributed by atoms with Gasteiger partial charge in [0.25, 0.3) is 0 Å². The first-order valence-corrected chi connectivity index (χ1v) is 8.49. The Kier molecular flexibility index (Phi) is 3.91. The molecule has 0 fully saturated rings. The summed E-state index contributed by atoms with van der Waals surface area (Å²) in [6.45, 7) is 0. The van der Waals surface area contributed by atoms with E-state index in [4.69, 9.17) is 23.2 Å². The van der Waals surface area contributed by atoms with Gasteiger partial charge in [-0.15, -0.1) is 0 Å². The van der Waals surface area contributed by atoms with E-state index in [1.54, 1.807) is 12.1 Å². The Hall–Kier alpha value is -2.49. The minimum atomic E-state index is -0.909. The van der Waals surface area contributed by atoms with E-state index in [0.29, 0.717) is 21.0 Å². The number of rotatable bonds is 3. The predicted octanol–water partition coefficient (Wildman–Crippen LogP) is 5.92. The number of hydrogen-bond acceptors (Lipinski definition) is 1. The molecule has 0 atom stereocenters. The highest BCUT2D eigenvalue weighted by atomic mass is 35.5. The lowest BCUT2D eigenvalue weighted by Crippen LogP contribution is -2.01. The maximum atomic E-state index is 11.5. The van der Waals surface area contributed by atoms with Crippen LogP contribution in [0.3, 0.4) is 0 Å². The number of carbonyl (C=O) groups is 1. The second-order valence-electron chi connectivity index (χ2n) is 5.89. The normalized spacial score (nSPS) is 11.3. The van der Waals surface area contributed by atoms with E-state index in [9.17, 15) is 9.90 Å². The number of aromatic nitrogens is 1. The van der Waals surface area contributed by atoms with Crippen LogP contribution in [0, 0.1) is 0 Å². The number of hydrogen-bond donors (Lipinski definition) is 2. The van der Waals surface area contributed by atoms with Crippen molar-refractivity contribution >= 4 is 50.8 Å². The Morgan fingerprint density at radius 2 is 1.80 bits per heavy atom. The molecule has 0 aliphatic rings. The van der Waals surface area contributed by atoms with Crippen LogP contribution in [-0.2, 0) is 11.2 Å². The van der Waals surface area contributed by atoms with Crippen LogP contribution in [0.4, 0.5) is 0 Å². The summed E-state index contributed by atoms with van der Waals surface area (Å²) >= 11 is 12.5. The third-order valence-corrected chi connectivity index (χ3v) is 4.82. The first kappa shape index (κ1) is 16.0. The number of fused-ring (bicyclic) bond motifs is 2. The second-order valence-corrected chi connectivity index (χ2v) is 6.73. The molecule has 4 aromatic rings. The summed E-state index contributed by atoms with van der Waals surface area (Å²) in [5, 5.41) is 13.2. The van der Waals surface area contributed by atoms with E-state index < -0.39 is 5.97 Å². The molecule has 0 radical (unpaired) electrons. The Balaban J connectivity index is 2.10. The van der Waals surface area contributed by atoms with Crippen LogP contribution in [0.1, 0.15) is 5.56 Å². The van der Waals surface area contributed by atoms with E-state index >= 15 is 0 Å². The highest BCUT2D eigenvalue weighted by Gasteiger charge is 2.19. The number of H-pyrrole nitrogens is 1. The molecule has 0 bridgehead atoms. The van der Waals surface area contributed by atoms with Crippen molar-refractivity contribution in [1.82, 2.24) is 4.98 Å². The maximum Gasteiger partial charge on any atom is 0.307 e. The number of aliphatic carboxylic acids is 1. The van der Waals surface area contributed by atoms with E-state index in [1.807, 2.05) is 42.5 Å². The van der Waals surface area contributed by atoms with Crippen molar-refractivity contribution in [3.05, 3.63) is 70.2 Å². The zero-order valence-corrected chi connectivity index (χ0v) is 14.5. The SMILES string of the molecule is O=C(O)Cc1c(-c2cccc3ccccc23)[nH]c2cc(Cl)cc(Cl)c12. The lowest BCUT2D eigenvalue weighted by Gasteiger charge is -2.08. The van der Waals surface area contributed by atoms with Gasteiger partial charge in [0.2, 0.25) is 0 Å². The van der Waals surface area contributed by atoms with Gasteiger partial charge in [0.1, 0.15) is 0 Å². The average molecular weight is 370 g/mol. The van der Waals surface area contributed by atoms with Crippen molar-refractivity contribution in [3.8, 4) is 11.3 Å². The number of nitrogens with one attached hydrogen (secondary N) is 1. The summed E-state index contributed by atoms with van der Waals surface area (Å²) in [6, 6.07) is 17.4. The Labute approximate surface area is 153 Å². The van der Waals surface area contributed by atoms with Crippen LogP contribution < -0.4 is 0 Å². The zero-order valence-electron chi connectivity index (χ0n) is 13.0. The van der Waals surface area contributed by atoms with Crippen LogP contribution in [-0.4, -0.2) is 16.1 Å². The number of halogens is 2. The number of carboxylic acid groups (broad SMARTS) is 1. The molecule has 0 unspecified atom stereocenters. The minimum absolute atomic E-state index is 0.125. The lowest BCUT2D eigenvalue weighted by molar-refractivity contribution is -0.136. The molecule has 124 valence electrons. The molecular formula is C20H13Cl2NO2. The molecule has 2 N–H and O–H groups in total. The minimum Gasteiger partial charge on any atom is -0.481 e. The van der Waals surface area contributed by atoms with Gasteiger partial charge < -0.3 is 10.1 Å². The van der Waals surface area contributed by atoms with Gasteiger partial charge in [-0.25, -0.2) is 0 Å². The Bertz CT molecular complexity index is 1130. The molecule has 1 aromatic heterocycles. The summed E-state index contributed by atoms with van der Waals surface area (Å²) in [5.41, 5.74) is 3.10. The van der Waals surface area contributed by atoms with Crippen molar-refractivity contribution in [3.63, 3.8) is 0 Å². The predicted molar refractivity (Wildman–Crippen MR) is 103 cm³/mol. The molecule has 3 nitrogen and oxygen atoms in total. The smallest absolute Gasteiger partial charge is 0.307 e. The lowest BCUT2D eigenvalue weighted by atomic mass is 9.97. The number of aromatic amines is 1. The van der Waals surface area contributed by atoms with Crippen molar-refractivity contribution in [2.75, 3.05) is 0 Å². The molecule has 0 saturated carbocycles. The van der Waals surface area contributed by atoms with Crippen LogP contribution in [0.5, 0.6) is 0 Å². The second kappa shape index (κ2) is 6.10. The van der Waals surface area contributed by atoms with Crippen molar-refractivity contribution in [2.45, 2.75) is 6.42 Å². The van der Waals surface area contributed by atoms with E-state index in [1.165, 1.54) is 0 Å². The van der Waals surface area contributed by atoms with Crippen molar-refractivity contribution in [1.29, 1.82) is 0 Å². The average Bonchev–Trinajstić information content (AvgIpc) is 2.92. The molecule has 3 aromatic carbocycles. The monoisotopic (exact) mass is 369 g/mol. The van der Waals surface area contributed by atoms with Gasteiger partial charge >= 0.3 is 5.97 Å². The summed E-state index contributed by atoms with van der Waals surface area (Å²) in [5.74, 6) is -0.909. The van der Waals surface area contributed by atoms with Crippen LogP contribution in [0.2, 0.25) is 10.0 Å². The van der Waals surface area contributed by atoms with Crippen LogP contribution in [0.25, 0.3) is 32.9 Å². The number of benzene rings is 3. The highest BCUT2D eigenvalue weighted by molar-refractivity contribution is 6.39. The molecule has 0 saturated heterocycles. The standard InChI is InChI=1S/C20H13Cl2NO2/c21-12-8-16(22)19-15(10-18(24)25)20(23-17(19)9-12)14-7-3-5-11-4-1-2-6-13(11)14/h1-9,23H,10H2,(H,24,25). The van der Waals surface area contributed by atoms with E-state index in [2.05, 4.69) is 4.98 Å². The topological polar surface area (TPSA) is 53.1 Å². The molecule has 0 aliphatic carbocycles. The molecular weight excluding hydrogens is 357 g/mol. The molecule has 4 rings (SSSR count). The molecule has 0 aliphatic heterocycles. The number of carboxylic acids is 1. The maximum absolute atomic E-state index is 11.5. The largest absolute Gasteiger partial charge is 0.481 e. The summed E-state index contributed by atoms with van der Waals surface area (Å²) in [6.07, 6.45) is -0.125. The quantitative estimate of drug-likeness (QED) is 0.470. The zero-order chi connectivity index (χ0) is 17.6. The summed E-state index contributed by atoms with van der Waals surface area (Å²) < 4.78 is 0. The molecule has 0 amide bonds. The van der Waals surface area contributed by atoms with Gasteiger partial charge in [0.15, 0.2) is 0 Å². The summed E-state index contributed by atoms with van der Waals surface area (Å²) in [4.78, 5) is 14.8. The first-order chi connectivity index (χ1) is 12.0. The van der Waals surface area contributed by atoms with Gasteiger partial charge in [0, 0.05) is 21.5 Å². The van der Waals surface area contributed by atoms with Crippen molar-refractivity contribution in [2.24, 2.45) is 0 Å². The third-order valence-electron chi connectivity index (χ3n) is 4.31. The van der Waals surface area contributed by atoms with Gasteiger partial charge in [-0.2, -0.15) is 0 Å². The van der Waals surface area contributed by atoms with Crippen LogP contribution in [0.15, 0.2) is 54.6 Å². The molecule has 1 heterocycles. The molecule has 25 heavy (non-hydrogen) atoms. The van der Waals surface area contributed by atoms with Crippen LogP contribution >= 0.6 is 23.2 Å². The Morgan fingerprint density at radius 1 is 1.04 bits per heavy atom. The highest BCUT2D eigenvalue weighted by Crippen LogP contribution is 2.39. The van der Waals surface area contributed by atoms with E-state index in [-0.39, 0.29) is 6.42 Å². The van der Waals surface area contributed by atoms with Gasteiger partial charge in [-0.3, -0.25) is 4.79 Å². The summed E-state index contributed by atoms with van der Waals surface area (Å²) in [7, 11) is 0. The van der Waals surface area contributed by atoms with Gasteiger partial charge in [-0.1, -0.05) is 65.7 Å². The van der Waals surface area contributed by atoms with Gasteiger partial charge in [-0.05, 0) is 28.5 Å². The van der Waals surface area contributed by atoms with Gasteiger partial charge in [0.05, 0.1) is 17.1 Å². The van der Waals surface area contributed by atoms with Crippen molar-refractivity contribution < 1.29 is 9.90 Å². The molecule has 0 spiro atoms. The fourth-order valence-electron chi connectivity index (χ4n) is 3.32. The fraction of sp³-hybridized carbons (Fsp3) is 0.0500. The Morgan fingerprint density at radius 3 is 2.60 bits per heavy atom. The molecule has 5 heteroatoms. The first-order valence-electron chi connectivity index (χ1n) is 7.74. The fourth-order valence-corrected chi connectivity index (χ4v) is 3.92. The third kappa shape index (κ3) is 2.76.